The van der Waals surface area contributed by atoms with Crippen LogP contribution in [0.4, 0.5) is 0 Å². The zero-order valence-electron chi connectivity index (χ0n) is 12.7. The SMILES string of the molecule is CN(CCOCc1ccccc1)C(=O)c1nccnc1C(=O)O. The normalized spacial score (nSPS) is 10.3. The van der Waals surface area contributed by atoms with E-state index in [0.29, 0.717) is 19.8 Å². The fourth-order valence-corrected chi connectivity index (χ4v) is 1.90. The predicted octanol–water partition coefficient (Wildman–Crippen LogP) is 1.46. The van der Waals surface area contributed by atoms with Crippen molar-refractivity contribution < 1.29 is 19.4 Å². The molecule has 2 rings (SSSR count). The minimum atomic E-state index is -1.28. The Labute approximate surface area is 133 Å². The van der Waals surface area contributed by atoms with Crippen molar-refractivity contribution in [1.82, 2.24) is 14.9 Å². The zero-order chi connectivity index (χ0) is 16.7. The average molecular weight is 315 g/mol. The number of ether oxygens (including phenoxy) is 1. The van der Waals surface area contributed by atoms with Crippen LogP contribution in [0.1, 0.15) is 26.5 Å². The van der Waals surface area contributed by atoms with Gasteiger partial charge in [-0.15, -0.1) is 0 Å². The second-order valence-corrected chi connectivity index (χ2v) is 4.82. The minimum Gasteiger partial charge on any atom is -0.476 e. The molecule has 0 fully saturated rings. The Morgan fingerprint density at radius 3 is 2.43 bits per heavy atom. The van der Waals surface area contributed by atoms with Gasteiger partial charge >= 0.3 is 5.97 Å². The van der Waals surface area contributed by atoms with E-state index in [1.807, 2.05) is 30.3 Å². The number of nitrogens with zero attached hydrogens (tertiary/aromatic N) is 3. The maximum atomic E-state index is 12.2. The van der Waals surface area contributed by atoms with Crippen LogP contribution in [0.5, 0.6) is 0 Å². The Hall–Kier alpha value is -2.80. The molecular formula is C16H17N3O4. The number of hydrogen-bond donors (Lipinski definition) is 1. The van der Waals surface area contributed by atoms with Gasteiger partial charge < -0.3 is 14.7 Å². The summed E-state index contributed by atoms with van der Waals surface area (Å²) in [5.41, 5.74) is 0.517. The molecule has 0 radical (unpaired) electrons. The van der Waals surface area contributed by atoms with E-state index in [4.69, 9.17) is 9.84 Å². The van der Waals surface area contributed by atoms with Crippen molar-refractivity contribution >= 4 is 11.9 Å². The molecule has 1 aromatic heterocycles. The van der Waals surface area contributed by atoms with E-state index in [1.54, 1.807) is 7.05 Å². The number of carbonyl (C=O) groups is 2. The van der Waals surface area contributed by atoms with E-state index in [2.05, 4.69) is 9.97 Å². The number of hydrogen-bond acceptors (Lipinski definition) is 5. The molecule has 0 spiro atoms. The van der Waals surface area contributed by atoms with E-state index >= 15 is 0 Å². The number of carbonyl (C=O) groups excluding carboxylic acids is 1. The highest BCUT2D eigenvalue weighted by Crippen LogP contribution is 2.06. The maximum absolute atomic E-state index is 12.2. The summed E-state index contributed by atoms with van der Waals surface area (Å²) < 4.78 is 5.51. The van der Waals surface area contributed by atoms with Gasteiger partial charge in [-0.1, -0.05) is 30.3 Å². The van der Waals surface area contributed by atoms with Gasteiger partial charge in [-0.25, -0.2) is 14.8 Å². The molecule has 2 aromatic rings. The van der Waals surface area contributed by atoms with E-state index in [0.717, 1.165) is 5.56 Å². The van der Waals surface area contributed by atoms with Crippen LogP contribution in [-0.2, 0) is 11.3 Å². The summed E-state index contributed by atoms with van der Waals surface area (Å²) in [7, 11) is 1.56. The van der Waals surface area contributed by atoms with Gasteiger partial charge in [0.15, 0.2) is 11.4 Å². The van der Waals surface area contributed by atoms with Gasteiger partial charge in [-0.2, -0.15) is 0 Å². The lowest BCUT2D eigenvalue weighted by Gasteiger charge is -2.17. The van der Waals surface area contributed by atoms with E-state index in [1.165, 1.54) is 17.3 Å². The third kappa shape index (κ3) is 4.58. The van der Waals surface area contributed by atoms with Crippen LogP contribution in [0.15, 0.2) is 42.7 Å². The van der Waals surface area contributed by atoms with Gasteiger partial charge in [0.2, 0.25) is 0 Å². The molecule has 0 saturated heterocycles. The molecule has 1 aromatic carbocycles. The van der Waals surface area contributed by atoms with Crippen molar-refractivity contribution in [3.63, 3.8) is 0 Å². The molecule has 7 nitrogen and oxygen atoms in total. The molecular weight excluding hydrogens is 298 g/mol. The molecule has 0 atom stereocenters. The predicted molar refractivity (Wildman–Crippen MR) is 82.0 cm³/mol. The van der Waals surface area contributed by atoms with Gasteiger partial charge in [0, 0.05) is 26.0 Å². The van der Waals surface area contributed by atoms with Crippen molar-refractivity contribution in [3.05, 3.63) is 59.7 Å². The quantitative estimate of drug-likeness (QED) is 0.778. The summed E-state index contributed by atoms with van der Waals surface area (Å²) in [6.45, 7) is 1.11. The lowest BCUT2D eigenvalue weighted by atomic mass is 10.2. The van der Waals surface area contributed by atoms with Gasteiger partial charge in [-0.05, 0) is 5.56 Å². The summed E-state index contributed by atoms with van der Waals surface area (Å²) in [5, 5.41) is 9.04. The topological polar surface area (TPSA) is 92.6 Å². The number of carboxylic acid groups (broad SMARTS) is 1. The van der Waals surface area contributed by atoms with Crippen LogP contribution in [-0.4, -0.2) is 52.1 Å². The van der Waals surface area contributed by atoms with Crippen LogP contribution in [0, 0.1) is 0 Å². The first-order valence-electron chi connectivity index (χ1n) is 7.01. The Balaban J connectivity index is 1.87. The van der Waals surface area contributed by atoms with Crippen LogP contribution in [0.3, 0.4) is 0 Å². The summed E-state index contributed by atoms with van der Waals surface area (Å²) in [4.78, 5) is 32.2. The molecule has 1 N–H and O–H groups in total. The highest BCUT2D eigenvalue weighted by molar-refractivity contribution is 6.01. The Bertz CT molecular complexity index is 676. The second kappa shape index (κ2) is 8.00. The highest BCUT2D eigenvalue weighted by Gasteiger charge is 2.22. The first kappa shape index (κ1) is 16.6. The molecule has 7 heteroatoms. The molecule has 0 aliphatic rings. The number of benzene rings is 1. The number of likely N-dealkylation sites (N-methyl/N-ethyl adjacent to an activating group) is 1. The van der Waals surface area contributed by atoms with Gasteiger partial charge in [-0.3, -0.25) is 4.79 Å². The van der Waals surface area contributed by atoms with E-state index in [-0.39, 0.29) is 11.4 Å². The monoisotopic (exact) mass is 315 g/mol. The van der Waals surface area contributed by atoms with Crippen molar-refractivity contribution in [3.8, 4) is 0 Å². The largest absolute Gasteiger partial charge is 0.476 e. The van der Waals surface area contributed by atoms with Crippen LogP contribution < -0.4 is 0 Å². The van der Waals surface area contributed by atoms with Crippen molar-refractivity contribution in [2.45, 2.75) is 6.61 Å². The standard InChI is InChI=1S/C16H17N3O4/c1-19(9-10-23-11-12-5-3-2-4-6-12)15(20)13-14(16(21)22)18-8-7-17-13/h2-8H,9-11H2,1H3,(H,21,22). The van der Waals surface area contributed by atoms with E-state index < -0.39 is 11.9 Å². The lowest BCUT2D eigenvalue weighted by Crippen LogP contribution is -2.32. The molecule has 0 aliphatic heterocycles. The fraction of sp³-hybridized carbons (Fsp3) is 0.250. The van der Waals surface area contributed by atoms with Crippen molar-refractivity contribution in [2.75, 3.05) is 20.2 Å². The number of aromatic nitrogens is 2. The second-order valence-electron chi connectivity index (χ2n) is 4.82. The van der Waals surface area contributed by atoms with Crippen molar-refractivity contribution in [2.24, 2.45) is 0 Å². The molecule has 0 bridgehead atoms. The molecule has 120 valence electrons. The number of carboxylic acids is 1. The number of aromatic carboxylic acids is 1. The smallest absolute Gasteiger partial charge is 0.356 e. The third-order valence-corrected chi connectivity index (χ3v) is 3.13. The van der Waals surface area contributed by atoms with Gasteiger partial charge in [0.1, 0.15) is 0 Å². The molecule has 0 unspecified atom stereocenters. The Morgan fingerprint density at radius 2 is 1.78 bits per heavy atom. The molecule has 1 amide bonds. The van der Waals surface area contributed by atoms with E-state index in [9.17, 15) is 9.59 Å². The summed E-state index contributed by atoms with van der Waals surface area (Å²) in [6.07, 6.45) is 2.53. The molecule has 0 aliphatic carbocycles. The fourth-order valence-electron chi connectivity index (χ4n) is 1.90. The van der Waals surface area contributed by atoms with Gasteiger partial charge in [0.25, 0.3) is 5.91 Å². The summed E-state index contributed by atoms with van der Waals surface area (Å²) in [6, 6.07) is 9.68. The van der Waals surface area contributed by atoms with Crippen LogP contribution >= 0.6 is 0 Å². The Kier molecular flexibility index (Phi) is 5.76. The zero-order valence-corrected chi connectivity index (χ0v) is 12.7. The van der Waals surface area contributed by atoms with Crippen molar-refractivity contribution in [1.29, 1.82) is 0 Å². The third-order valence-electron chi connectivity index (χ3n) is 3.13. The first-order chi connectivity index (χ1) is 11.1. The summed E-state index contributed by atoms with van der Waals surface area (Å²) >= 11 is 0. The number of rotatable bonds is 7. The minimum absolute atomic E-state index is 0.175. The average Bonchev–Trinajstić information content (AvgIpc) is 2.58. The first-order valence-corrected chi connectivity index (χ1v) is 7.01. The Morgan fingerprint density at radius 1 is 1.13 bits per heavy atom. The lowest BCUT2D eigenvalue weighted by molar-refractivity contribution is 0.0635. The van der Waals surface area contributed by atoms with Gasteiger partial charge in [0.05, 0.1) is 13.2 Å². The number of amides is 1. The highest BCUT2D eigenvalue weighted by atomic mass is 16.5. The maximum Gasteiger partial charge on any atom is 0.356 e. The molecule has 1 heterocycles. The molecule has 23 heavy (non-hydrogen) atoms. The van der Waals surface area contributed by atoms with Crippen LogP contribution in [0.2, 0.25) is 0 Å². The molecule has 0 saturated carbocycles. The van der Waals surface area contributed by atoms with Crippen LogP contribution in [0.25, 0.3) is 0 Å². The summed E-state index contributed by atoms with van der Waals surface area (Å²) in [5.74, 6) is -1.78.